The third-order valence-corrected chi connectivity index (χ3v) is 6.08. The van der Waals surface area contributed by atoms with Gasteiger partial charge >= 0.3 is 0 Å². The molecule has 0 atom stereocenters. The Kier molecular flexibility index (Phi) is 7.81. The lowest BCUT2D eigenvalue weighted by atomic mass is 10.2. The van der Waals surface area contributed by atoms with Crippen molar-refractivity contribution in [2.24, 2.45) is 0 Å². The molecule has 2 amide bonds. The Morgan fingerprint density at radius 1 is 1.09 bits per heavy atom. The number of halogens is 1. The van der Waals surface area contributed by atoms with Crippen molar-refractivity contribution < 1.29 is 19.1 Å². The second-order valence-corrected chi connectivity index (χ2v) is 8.65. The van der Waals surface area contributed by atoms with Crippen LogP contribution in [0.5, 0.6) is 11.5 Å². The van der Waals surface area contributed by atoms with E-state index in [2.05, 4.69) is 20.7 Å². The number of aromatic nitrogens is 4. The summed E-state index contributed by atoms with van der Waals surface area (Å²) in [6.07, 6.45) is 4.13. The number of ether oxygens (including phenoxy) is 2. The summed E-state index contributed by atoms with van der Waals surface area (Å²) in [5, 5.41) is 16.0. The summed E-state index contributed by atoms with van der Waals surface area (Å²) in [4.78, 5) is 28.6. The summed E-state index contributed by atoms with van der Waals surface area (Å²) in [5.74, 6) is 0.867. The minimum absolute atomic E-state index is 0.117. The fourth-order valence-corrected chi connectivity index (χ4v) is 4.16. The molecule has 0 unspecified atom stereocenters. The number of tetrazole rings is 1. The molecule has 4 rings (SSSR count). The number of carbonyl (C=O) groups excluding carboxylic acids is 2. The molecule has 1 N–H and O–H groups in total. The van der Waals surface area contributed by atoms with Crippen molar-refractivity contribution in [1.82, 2.24) is 25.5 Å². The smallest absolute Gasteiger partial charge is 0.251 e. The van der Waals surface area contributed by atoms with Crippen molar-refractivity contribution in [2.75, 3.05) is 25.7 Å². The monoisotopic (exact) mass is 498 g/mol. The third kappa shape index (κ3) is 6.07. The molecule has 1 aromatic heterocycles. The van der Waals surface area contributed by atoms with Crippen molar-refractivity contribution in [1.29, 1.82) is 0 Å². The van der Waals surface area contributed by atoms with Gasteiger partial charge in [-0.1, -0.05) is 24.4 Å². The molecule has 184 valence electrons. The van der Waals surface area contributed by atoms with Gasteiger partial charge < -0.3 is 19.7 Å². The van der Waals surface area contributed by atoms with E-state index in [4.69, 9.17) is 21.1 Å². The zero-order chi connectivity index (χ0) is 24.8. The topological polar surface area (TPSA) is 111 Å². The first-order valence-electron chi connectivity index (χ1n) is 11.3. The summed E-state index contributed by atoms with van der Waals surface area (Å²) in [7, 11) is 3.09. The quantitative estimate of drug-likeness (QED) is 0.482. The molecule has 1 aliphatic rings. The lowest BCUT2D eigenvalue weighted by Crippen LogP contribution is -2.44. The highest BCUT2D eigenvalue weighted by Crippen LogP contribution is 2.30. The summed E-state index contributed by atoms with van der Waals surface area (Å²) < 4.78 is 10.6. The van der Waals surface area contributed by atoms with E-state index < -0.39 is 0 Å². The maximum Gasteiger partial charge on any atom is 0.251 e. The van der Waals surface area contributed by atoms with Gasteiger partial charge in [0, 0.05) is 22.3 Å². The van der Waals surface area contributed by atoms with Gasteiger partial charge in [-0.05, 0) is 60.5 Å². The highest BCUT2D eigenvalue weighted by molar-refractivity contribution is 6.30. The number of rotatable bonds is 9. The zero-order valence-electron chi connectivity index (χ0n) is 19.6. The highest BCUT2D eigenvalue weighted by atomic mass is 35.5. The molecule has 1 saturated carbocycles. The Labute approximate surface area is 208 Å². The zero-order valence-corrected chi connectivity index (χ0v) is 20.4. The van der Waals surface area contributed by atoms with Crippen LogP contribution < -0.4 is 19.7 Å². The predicted octanol–water partition coefficient (Wildman–Crippen LogP) is 3.10. The number of nitrogens with zero attached hydrogens (tertiary/aromatic N) is 5. The Bertz CT molecular complexity index is 1180. The van der Waals surface area contributed by atoms with E-state index >= 15 is 0 Å². The van der Waals surface area contributed by atoms with Crippen LogP contribution in [-0.4, -0.2) is 58.8 Å². The van der Waals surface area contributed by atoms with E-state index in [1.165, 1.54) is 9.70 Å². The molecule has 0 saturated heterocycles. The van der Waals surface area contributed by atoms with Crippen LogP contribution in [0.15, 0.2) is 42.5 Å². The first kappa shape index (κ1) is 24.5. The molecular formula is C24H27ClN6O4. The molecule has 0 aliphatic heterocycles. The second kappa shape index (κ2) is 11.2. The van der Waals surface area contributed by atoms with E-state index in [0.717, 1.165) is 25.7 Å². The average Bonchev–Trinajstić information content (AvgIpc) is 3.55. The van der Waals surface area contributed by atoms with Crippen LogP contribution in [-0.2, 0) is 16.1 Å². The molecule has 0 bridgehead atoms. The van der Waals surface area contributed by atoms with Gasteiger partial charge in [0.15, 0.2) is 11.5 Å². The number of nitrogens with one attached hydrogen (secondary N) is 1. The number of amides is 2. The van der Waals surface area contributed by atoms with E-state index in [1.54, 1.807) is 56.7 Å². The first-order valence-corrected chi connectivity index (χ1v) is 11.7. The van der Waals surface area contributed by atoms with Crippen molar-refractivity contribution in [3.8, 4) is 22.9 Å². The van der Waals surface area contributed by atoms with Crippen LogP contribution >= 0.6 is 11.6 Å². The number of anilines is 1. The average molecular weight is 499 g/mol. The molecule has 11 heteroatoms. The molecule has 1 fully saturated rings. The first-order chi connectivity index (χ1) is 17.0. The molecule has 1 aliphatic carbocycles. The standard InChI is InChI=1S/C24H27ClN6O4/c1-34-20-12-7-16(13-21(20)35-2)24-27-29-31(28-24)15-23(33)30(19-10-8-17(25)9-11-19)14-22(32)26-18-5-3-4-6-18/h7-13,18H,3-6,14-15H2,1-2H3,(H,26,32). The lowest BCUT2D eigenvalue weighted by Gasteiger charge is -2.23. The van der Waals surface area contributed by atoms with Crippen LogP contribution in [0.25, 0.3) is 11.4 Å². The van der Waals surface area contributed by atoms with Gasteiger partial charge in [0.05, 0.1) is 14.2 Å². The SMILES string of the molecule is COc1ccc(-c2nnn(CC(=O)N(CC(=O)NC3CCCC3)c3ccc(Cl)cc3)n2)cc1OC. The van der Waals surface area contributed by atoms with Crippen LogP contribution in [0, 0.1) is 0 Å². The van der Waals surface area contributed by atoms with Crippen molar-refractivity contribution in [3.63, 3.8) is 0 Å². The maximum atomic E-state index is 13.2. The minimum Gasteiger partial charge on any atom is -0.493 e. The van der Waals surface area contributed by atoms with E-state index in [9.17, 15) is 9.59 Å². The van der Waals surface area contributed by atoms with Gasteiger partial charge in [0.25, 0.3) is 5.91 Å². The summed E-state index contributed by atoms with van der Waals surface area (Å²) in [5.41, 5.74) is 1.22. The van der Waals surface area contributed by atoms with Gasteiger partial charge in [-0.25, -0.2) is 0 Å². The predicted molar refractivity (Wildman–Crippen MR) is 131 cm³/mol. The van der Waals surface area contributed by atoms with E-state index in [1.807, 2.05) is 0 Å². The Morgan fingerprint density at radius 3 is 2.49 bits per heavy atom. The van der Waals surface area contributed by atoms with Gasteiger partial charge in [0.1, 0.15) is 13.1 Å². The minimum atomic E-state index is -0.356. The van der Waals surface area contributed by atoms with Gasteiger partial charge in [0.2, 0.25) is 11.7 Å². The number of methoxy groups -OCH3 is 2. The second-order valence-electron chi connectivity index (χ2n) is 8.22. The molecular weight excluding hydrogens is 472 g/mol. The fourth-order valence-electron chi connectivity index (χ4n) is 4.04. The fraction of sp³-hybridized carbons (Fsp3) is 0.375. The lowest BCUT2D eigenvalue weighted by molar-refractivity contribution is -0.124. The Hall–Kier alpha value is -3.66. The van der Waals surface area contributed by atoms with Crippen LogP contribution in [0.2, 0.25) is 5.02 Å². The Balaban J connectivity index is 1.50. The van der Waals surface area contributed by atoms with Crippen LogP contribution in [0.3, 0.4) is 0 Å². The van der Waals surface area contributed by atoms with Crippen molar-refractivity contribution in [2.45, 2.75) is 38.3 Å². The molecule has 0 radical (unpaired) electrons. The summed E-state index contributed by atoms with van der Waals surface area (Å²) in [6.45, 7) is -0.312. The summed E-state index contributed by atoms with van der Waals surface area (Å²) in [6, 6.07) is 12.2. The number of hydrogen-bond donors (Lipinski definition) is 1. The Morgan fingerprint density at radius 2 is 1.80 bits per heavy atom. The molecule has 0 spiro atoms. The van der Waals surface area contributed by atoms with Crippen LogP contribution in [0.4, 0.5) is 5.69 Å². The largest absolute Gasteiger partial charge is 0.493 e. The van der Waals surface area contributed by atoms with E-state index in [0.29, 0.717) is 33.6 Å². The number of benzene rings is 2. The molecule has 3 aromatic rings. The highest BCUT2D eigenvalue weighted by Gasteiger charge is 2.24. The number of carbonyl (C=O) groups is 2. The molecule has 1 heterocycles. The van der Waals surface area contributed by atoms with Crippen molar-refractivity contribution >= 4 is 29.1 Å². The normalized spacial score (nSPS) is 13.5. The molecule has 10 nitrogen and oxygen atoms in total. The maximum absolute atomic E-state index is 13.2. The van der Waals surface area contributed by atoms with Gasteiger partial charge in [-0.2, -0.15) is 4.80 Å². The third-order valence-electron chi connectivity index (χ3n) is 5.83. The summed E-state index contributed by atoms with van der Waals surface area (Å²) >= 11 is 6.01. The molecule has 2 aromatic carbocycles. The van der Waals surface area contributed by atoms with Gasteiger partial charge in [-0.15, -0.1) is 10.2 Å². The molecule has 35 heavy (non-hydrogen) atoms. The van der Waals surface area contributed by atoms with Crippen LogP contribution in [0.1, 0.15) is 25.7 Å². The number of hydrogen-bond acceptors (Lipinski definition) is 7. The van der Waals surface area contributed by atoms with Crippen molar-refractivity contribution in [3.05, 3.63) is 47.5 Å². The van der Waals surface area contributed by atoms with E-state index in [-0.39, 0.29) is 30.9 Å². The van der Waals surface area contributed by atoms with Gasteiger partial charge in [-0.3, -0.25) is 9.59 Å².